The summed E-state index contributed by atoms with van der Waals surface area (Å²) in [6.45, 7) is -0.709. The minimum Gasteiger partial charge on any atom is -0.481 e. The standard InChI is InChI=1S/C15H23N3O10S/c16-7(14(25)26)1-2-10(19)18-8(13(24)17-6-12(22)23)3-4-29-9(15(27)28)5-11(20)21/h7-9H,1-6,16H2,(H,17,24)(H,18,19)(H,20,21)(H,22,23)(H,25,26)(H,27,28)/t7-,8-,9-/m0/s1. The van der Waals surface area contributed by atoms with Crippen LogP contribution in [0.4, 0.5) is 0 Å². The van der Waals surface area contributed by atoms with Gasteiger partial charge >= 0.3 is 23.9 Å². The monoisotopic (exact) mass is 437 g/mol. The van der Waals surface area contributed by atoms with Crippen LogP contribution in [0.3, 0.4) is 0 Å². The van der Waals surface area contributed by atoms with Crippen molar-refractivity contribution in [3.8, 4) is 0 Å². The summed E-state index contributed by atoms with van der Waals surface area (Å²) in [6, 6.07) is -2.50. The number of carboxylic acids is 4. The first-order chi connectivity index (χ1) is 13.4. The fraction of sp³-hybridized carbons (Fsp3) is 0.600. The summed E-state index contributed by atoms with van der Waals surface area (Å²) in [5, 5.41) is 38.1. The van der Waals surface area contributed by atoms with Crippen LogP contribution >= 0.6 is 11.8 Å². The second-order valence-corrected chi connectivity index (χ2v) is 7.11. The molecule has 0 rings (SSSR count). The van der Waals surface area contributed by atoms with E-state index in [0.717, 1.165) is 11.8 Å². The van der Waals surface area contributed by atoms with E-state index in [1.807, 2.05) is 0 Å². The molecule has 0 aromatic heterocycles. The van der Waals surface area contributed by atoms with E-state index in [4.69, 9.17) is 26.2 Å². The number of rotatable bonds is 15. The zero-order chi connectivity index (χ0) is 22.6. The molecule has 0 aliphatic heterocycles. The molecular weight excluding hydrogens is 414 g/mol. The number of nitrogens with two attached hydrogens (primary N) is 1. The number of thioether (sulfide) groups is 1. The van der Waals surface area contributed by atoms with Gasteiger partial charge in [-0.05, 0) is 18.6 Å². The molecule has 13 nitrogen and oxygen atoms in total. The second kappa shape index (κ2) is 13.3. The van der Waals surface area contributed by atoms with Crippen LogP contribution in [0.25, 0.3) is 0 Å². The van der Waals surface area contributed by atoms with Crippen LogP contribution in [0.2, 0.25) is 0 Å². The molecule has 0 aliphatic carbocycles. The van der Waals surface area contributed by atoms with Crippen molar-refractivity contribution >= 4 is 47.5 Å². The lowest BCUT2D eigenvalue weighted by Gasteiger charge is -2.19. The molecule has 164 valence electrons. The molecule has 3 atom stereocenters. The van der Waals surface area contributed by atoms with Crippen LogP contribution in [0.5, 0.6) is 0 Å². The van der Waals surface area contributed by atoms with Crippen molar-refractivity contribution in [3.63, 3.8) is 0 Å². The number of hydrogen-bond acceptors (Lipinski definition) is 8. The van der Waals surface area contributed by atoms with Gasteiger partial charge < -0.3 is 36.8 Å². The highest BCUT2D eigenvalue weighted by atomic mass is 32.2. The van der Waals surface area contributed by atoms with E-state index < -0.39 is 66.0 Å². The van der Waals surface area contributed by atoms with Crippen LogP contribution < -0.4 is 16.4 Å². The van der Waals surface area contributed by atoms with Crippen LogP contribution in [0, 0.1) is 0 Å². The molecule has 2 amide bonds. The SMILES string of the molecule is N[C@@H](CCC(=O)N[C@@H](CCS[C@@H](CC(=O)O)C(=O)O)C(=O)NCC(=O)O)C(=O)O. The lowest BCUT2D eigenvalue weighted by atomic mass is 10.1. The molecule has 0 aromatic carbocycles. The third-order valence-corrected chi connectivity index (χ3v) is 4.67. The quantitative estimate of drug-likeness (QED) is 0.146. The average Bonchev–Trinajstić information content (AvgIpc) is 2.61. The summed E-state index contributed by atoms with van der Waals surface area (Å²) in [7, 11) is 0. The highest BCUT2D eigenvalue weighted by molar-refractivity contribution is 8.00. The van der Waals surface area contributed by atoms with E-state index in [0.29, 0.717) is 0 Å². The number of carboxylic acid groups (broad SMARTS) is 4. The molecule has 0 bridgehead atoms. The Morgan fingerprint density at radius 2 is 1.52 bits per heavy atom. The number of carbonyl (C=O) groups excluding carboxylic acids is 2. The third-order valence-electron chi connectivity index (χ3n) is 3.43. The van der Waals surface area contributed by atoms with E-state index >= 15 is 0 Å². The normalized spacial score (nSPS) is 13.6. The highest BCUT2D eigenvalue weighted by Crippen LogP contribution is 2.17. The summed E-state index contributed by atoms with van der Waals surface area (Å²) in [5.41, 5.74) is 5.29. The third kappa shape index (κ3) is 12.2. The minimum atomic E-state index is -1.35. The van der Waals surface area contributed by atoms with Gasteiger partial charge in [-0.3, -0.25) is 28.8 Å². The topological polar surface area (TPSA) is 233 Å². The van der Waals surface area contributed by atoms with Crippen molar-refractivity contribution in [1.29, 1.82) is 0 Å². The van der Waals surface area contributed by atoms with Gasteiger partial charge in [0, 0.05) is 6.42 Å². The van der Waals surface area contributed by atoms with E-state index in [-0.39, 0.29) is 25.0 Å². The summed E-state index contributed by atoms with van der Waals surface area (Å²) in [4.78, 5) is 67.0. The average molecular weight is 437 g/mol. The van der Waals surface area contributed by atoms with E-state index in [1.165, 1.54) is 0 Å². The summed E-state index contributed by atoms with van der Waals surface area (Å²) in [5.74, 6) is -6.86. The van der Waals surface area contributed by atoms with Crippen LogP contribution in [-0.4, -0.2) is 85.7 Å². The molecule has 14 heteroatoms. The van der Waals surface area contributed by atoms with Gasteiger partial charge in [0.25, 0.3) is 0 Å². The highest BCUT2D eigenvalue weighted by Gasteiger charge is 2.25. The van der Waals surface area contributed by atoms with Gasteiger partial charge in [0.15, 0.2) is 0 Å². The van der Waals surface area contributed by atoms with Crippen LogP contribution in [0.15, 0.2) is 0 Å². The van der Waals surface area contributed by atoms with Gasteiger partial charge in [0.1, 0.15) is 23.9 Å². The van der Waals surface area contributed by atoms with Crippen molar-refractivity contribution in [2.75, 3.05) is 12.3 Å². The maximum Gasteiger partial charge on any atom is 0.322 e. The van der Waals surface area contributed by atoms with E-state index in [2.05, 4.69) is 10.6 Å². The number of nitrogens with one attached hydrogen (secondary N) is 2. The molecule has 8 N–H and O–H groups in total. The lowest BCUT2D eigenvalue weighted by molar-refractivity contribution is -0.142. The zero-order valence-corrected chi connectivity index (χ0v) is 16.0. The van der Waals surface area contributed by atoms with Crippen LogP contribution in [-0.2, 0) is 28.8 Å². The van der Waals surface area contributed by atoms with Crippen molar-refractivity contribution in [2.24, 2.45) is 5.73 Å². The van der Waals surface area contributed by atoms with E-state index in [9.17, 15) is 28.8 Å². The number of amides is 2. The summed E-state index contributed by atoms with van der Waals surface area (Å²) in [6.07, 6.45) is -1.26. The maximum absolute atomic E-state index is 12.1. The Morgan fingerprint density at radius 1 is 0.897 bits per heavy atom. The number of carbonyl (C=O) groups is 6. The number of aliphatic carboxylic acids is 4. The Hall–Kier alpha value is -2.87. The minimum absolute atomic E-state index is 0.0235. The predicted molar refractivity (Wildman–Crippen MR) is 98.2 cm³/mol. The van der Waals surface area contributed by atoms with Gasteiger partial charge in [-0.1, -0.05) is 0 Å². The molecular formula is C15H23N3O10S. The molecule has 0 saturated carbocycles. The van der Waals surface area contributed by atoms with Gasteiger partial charge in [-0.2, -0.15) is 0 Å². The smallest absolute Gasteiger partial charge is 0.322 e. The molecule has 0 aromatic rings. The van der Waals surface area contributed by atoms with Crippen molar-refractivity contribution < 1.29 is 49.2 Å². The molecule has 0 heterocycles. The van der Waals surface area contributed by atoms with Crippen LogP contribution in [0.1, 0.15) is 25.7 Å². The van der Waals surface area contributed by atoms with Gasteiger partial charge in [0.05, 0.1) is 6.42 Å². The van der Waals surface area contributed by atoms with Gasteiger partial charge in [0.2, 0.25) is 11.8 Å². The Labute approximate surface area is 169 Å². The number of hydrogen-bond donors (Lipinski definition) is 7. The molecule has 29 heavy (non-hydrogen) atoms. The summed E-state index contributed by atoms with van der Waals surface area (Å²) < 4.78 is 0. The van der Waals surface area contributed by atoms with Gasteiger partial charge in [-0.25, -0.2) is 0 Å². The largest absolute Gasteiger partial charge is 0.481 e. The molecule has 0 fully saturated rings. The van der Waals surface area contributed by atoms with Gasteiger partial charge in [-0.15, -0.1) is 11.8 Å². The lowest BCUT2D eigenvalue weighted by Crippen LogP contribution is -2.48. The second-order valence-electron chi connectivity index (χ2n) is 5.80. The fourth-order valence-corrected chi connectivity index (χ4v) is 2.99. The van der Waals surface area contributed by atoms with Crippen molar-refractivity contribution in [2.45, 2.75) is 43.0 Å². The Bertz CT molecular complexity index is 642. The first-order valence-electron chi connectivity index (χ1n) is 8.27. The zero-order valence-electron chi connectivity index (χ0n) is 15.2. The Morgan fingerprint density at radius 3 is 2.00 bits per heavy atom. The first kappa shape index (κ1) is 26.1. The Kier molecular flexibility index (Phi) is 12.0. The van der Waals surface area contributed by atoms with E-state index in [1.54, 1.807) is 0 Å². The van der Waals surface area contributed by atoms with Crippen molar-refractivity contribution in [3.05, 3.63) is 0 Å². The molecule has 0 aliphatic rings. The summed E-state index contributed by atoms with van der Waals surface area (Å²) >= 11 is 0.752. The molecule has 0 radical (unpaired) electrons. The molecule has 0 saturated heterocycles. The van der Waals surface area contributed by atoms with Crippen molar-refractivity contribution in [1.82, 2.24) is 10.6 Å². The Balaban J connectivity index is 4.87. The maximum atomic E-state index is 12.1. The fourth-order valence-electron chi connectivity index (χ4n) is 1.94. The predicted octanol–water partition coefficient (Wildman–Crippen LogP) is -2.08. The molecule has 0 unspecified atom stereocenters. The first-order valence-corrected chi connectivity index (χ1v) is 9.32. The molecule has 0 spiro atoms.